The summed E-state index contributed by atoms with van der Waals surface area (Å²) in [7, 11) is 0. The molecular weight excluding hydrogens is 238 g/mol. The molecule has 0 aliphatic heterocycles. The largest absolute Gasteiger partial charge is 0.383 e. The fraction of sp³-hybridized carbons (Fsp3) is 0.357. The van der Waals surface area contributed by atoms with E-state index >= 15 is 0 Å². The zero-order valence-electron chi connectivity index (χ0n) is 11.1. The Morgan fingerprint density at radius 1 is 1.16 bits per heavy atom. The molecule has 0 fully saturated rings. The predicted molar refractivity (Wildman–Crippen MR) is 75.4 cm³/mol. The van der Waals surface area contributed by atoms with E-state index in [-0.39, 0.29) is 6.04 Å². The molecule has 0 saturated carbocycles. The van der Waals surface area contributed by atoms with Crippen LogP contribution in [0.1, 0.15) is 30.8 Å². The average Bonchev–Trinajstić information content (AvgIpc) is 2.46. The molecule has 2 heterocycles. The molecule has 5 nitrogen and oxygen atoms in total. The van der Waals surface area contributed by atoms with Crippen LogP contribution in [0.15, 0.2) is 36.8 Å². The topological polar surface area (TPSA) is 76.7 Å². The van der Waals surface area contributed by atoms with Crippen LogP contribution in [0.5, 0.6) is 0 Å². The Bertz CT molecular complexity index is 500. The van der Waals surface area contributed by atoms with Crippen LogP contribution in [0.25, 0.3) is 0 Å². The zero-order valence-corrected chi connectivity index (χ0v) is 11.1. The summed E-state index contributed by atoms with van der Waals surface area (Å²) in [4.78, 5) is 12.8. The molecule has 0 bridgehead atoms. The zero-order chi connectivity index (χ0) is 13.5. The summed E-state index contributed by atoms with van der Waals surface area (Å²) in [5.41, 5.74) is 6.91. The second-order valence-electron chi connectivity index (χ2n) is 4.37. The second kappa shape index (κ2) is 6.80. The van der Waals surface area contributed by atoms with E-state index in [2.05, 4.69) is 27.2 Å². The van der Waals surface area contributed by atoms with E-state index in [1.807, 2.05) is 18.2 Å². The van der Waals surface area contributed by atoms with E-state index in [4.69, 9.17) is 5.73 Å². The lowest BCUT2D eigenvalue weighted by atomic mass is 10.1. The molecule has 5 heteroatoms. The molecule has 2 aromatic heterocycles. The second-order valence-corrected chi connectivity index (χ2v) is 4.37. The SMILES string of the molecule is CCCNC(Cc1cccnc1N)c1ncccn1. The third-order valence-electron chi connectivity index (χ3n) is 2.89. The van der Waals surface area contributed by atoms with Crippen molar-refractivity contribution in [1.82, 2.24) is 20.3 Å². The summed E-state index contributed by atoms with van der Waals surface area (Å²) in [6, 6.07) is 5.77. The lowest BCUT2D eigenvalue weighted by molar-refractivity contribution is 0.504. The minimum absolute atomic E-state index is 0.0626. The lowest BCUT2D eigenvalue weighted by Crippen LogP contribution is -2.26. The van der Waals surface area contributed by atoms with Crippen LogP contribution in [0.3, 0.4) is 0 Å². The number of nitrogens with two attached hydrogens (primary N) is 1. The van der Waals surface area contributed by atoms with Gasteiger partial charge in [-0.25, -0.2) is 15.0 Å². The van der Waals surface area contributed by atoms with Crippen molar-refractivity contribution in [2.24, 2.45) is 0 Å². The minimum Gasteiger partial charge on any atom is -0.383 e. The Balaban J connectivity index is 2.17. The lowest BCUT2D eigenvalue weighted by Gasteiger charge is -2.17. The Hall–Kier alpha value is -2.01. The van der Waals surface area contributed by atoms with Gasteiger partial charge in [0.1, 0.15) is 11.6 Å². The first-order valence-corrected chi connectivity index (χ1v) is 6.51. The number of nitrogen functional groups attached to an aromatic ring is 1. The van der Waals surface area contributed by atoms with E-state index in [9.17, 15) is 0 Å². The molecular formula is C14H19N5. The maximum atomic E-state index is 5.90. The van der Waals surface area contributed by atoms with Crippen LogP contribution < -0.4 is 11.1 Å². The fourth-order valence-electron chi connectivity index (χ4n) is 1.91. The molecule has 19 heavy (non-hydrogen) atoms. The van der Waals surface area contributed by atoms with E-state index in [1.165, 1.54) is 0 Å². The van der Waals surface area contributed by atoms with Gasteiger partial charge in [0.15, 0.2) is 0 Å². The average molecular weight is 257 g/mol. The van der Waals surface area contributed by atoms with Crippen LogP contribution in [-0.2, 0) is 6.42 Å². The van der Waals surface area contributed by atoms with Gasteiger partial charge in [-0.05, 0) is 37.1 Å². The summed E-state index contributed by atoms with van der Waals surface area (Å²) in [5.74, 6) is 1.36. The number of aromatic nitrogens is 3. The summed E-state index contributed by atoms with van der Waals surface area (Å²) in [6.45, 7) is 3.05. The number of anilines is 1. The molecule has 0 spiro atoms. The monoisotopic (exact) mass is 257 g/mol. The molecule has 0 amide bonds. The van der Waals surface area contributed by atoms with Crippen LogP contribution >= 0.6 is 0 Å². The van der Waals surface area contributed by atoms with Gasteiger partial charge in [0.25, 0.3) is 0 Å². The maximum Gasteiger partial charge on any atom is 0.145 e. The van der Waals surface area contributed by atoms with E-state index in [1.54, 1.807) is 18.6 Å². The molecule has 1 unspecified atom stereocenters. The van der Waals surface area contributed by atoms with E-state index in [0.717, 1.165) is 30.8 Å². The van der Waals surface area contributed by atoms with Gasteiger partial charge >= 0.3 is 0 Å². The molecule has 2 aromatic rings. The van der Waals surface area contributed by atoms with Gasteiger partial charge < -0.3 is 11.1 Å². The normalized spacial score (nSPS) is 12.3. The van der Waals surface area contributed by atoms with Crippen molar-refractivity contribution >= 4 is 5.82 Å². The third-order valence-corrected chi connectivity index (χ3v) is 2.89. The van der Waals surface area contributed by atoms with E-state index in [0.29, 0.717) is 5.82 Å². The molecule has 0 aromatic carbocycles. The number of pyridine rings is 1. The highest BCUT2D eigenvalue weighted by Gasteiger charge is 2.15. The van der Waals surface area contributed by atoms with Gasteiger partial charge in [0, 0.05) is 18.6 Å². The van der Waals surface area contributed by atoms with Crippen molar-refractivity contribution in [3.8, 4) is 0 Å². The van der Waals surface area contributed by atoms with Crippen molar-refractivity contribution in [3.05, 3.63) is 48.2 Å². The maximum absolute atomic E-state index is 5.90. The quantitative estimate of drug-likeness (QED) is 0.824. The van der Waals surface area contributed by atoms with Crippen LogP contribution in [0, 0.1) is 0 Å². The van der Waals surface area contributed by atoms with Crippen LogP contribution in [0.2, 0.25) is 0 Å². The molecule has 0 aliphatic carbocycles. The number of nitrogens with zero attached hydrogens (tertiary/aromatic N) is 3. The van der Waals surface area contributed by atoms with Gasteiger partial charge in [0.2, 0.25) is 0 Å². The Labute approximate surface area is 113 Å². The van der Waals surface area contributed by atoms with E-state index < -0.39 is 0 Å². The molecule has 2 rings (SSSR count). The number of nitrogens with one attached hydrogen (secondary N) is 1. The van der Waals surface area contributed by atoms with Crippen molar-refractivity contribution in [1.29, 1.82) is 0 Å². The summed E-state index contributed by atoms with van der Waals surface area (Å²) < 4.78 is 0. The highest BCUT2D eigenvalue weighted by atomic mass is 15.0. The Morgan fingerprint density at radius 3 is 2.58 bits per heavy atom. The van der Waals surface area contributed by atoms with Gasteiger partial charge in [-0.1, -0.05) is 13.0 Å². The molecule has 3 N–H and O–H groups in total. The molecule has 0 aliphatic rings. The first-order valence-electron chi connectivity index (χ1n) is 6.51. The fourth-order valence-corrected chi connectivity index (χ4v) is 1.91. The molecule has 1 atom stereocenters. The number of hydrogen-bond donors (Lipinski definition) is 2. The summed E-state index contributed by atoms with van der Waals surface area (Å²) in [6.07, 6.45) is 7.02. The molecule has 100 valence electrons. The Morgan fingerprint density at radius 2 is 1.89 bits per heavy atom. The summed E-state index contributed by atoms with van der Waals surface area (Å²) >= 11 is 0. The van der Waals surface area contributed by atoms with Gasteiger partial charge in [-0.3, -0.25) is 0 Å². The highest BCUT2D eigenvalue weighted by molar-refractivity contribution is 5.39. The predicted octanol–water partition coefficient (Wildman–Crippen LogP) is 1.74. The van der Waals surface area contributed by atoms with Crippen LogP contribution in [0.4, 0.5) is 5.82 Å². The molecule has 0 radical (unpaired) electrons. The highest BCUT2D eigenvalue weighted by Crippen LogP contribution is 2.17. The standard InChI is InChI=1S/C14H19N5/c1-2-6-16-12(14-18-8-4-9-19-14)10-11-5-3-7-17-13(11)15/h3-5,7-9,12,16H,2,6,10H2,1H3,(H2,15,17). The smallest absolute Gasteiger partial charge is 0.145 e. The van der Waals surface area contributed by atoms with Gasteiger partial charge in [-0.2, -0.15) is 0 Å². The number of hydrogen-bond acceptors (Lipinski definition) is 5. The first-order chi connectivity index (χ1) is 9.31. The van der Waals surface area contributed by atoms with Crippen molar-refractivity contribution in [2.75, 3.05) is 12.3 Å². The van der Waals surface area contributed by atoms with Crippen molar-refractivity contribution in [3.63, 3.8) is 0 Å². The summed E-state index contributed by atoms with van der Waals surface area (Å²) in [5, 5.41) is 3.45. The Kier molecular flexibility index (Phi) is 4.80. The first kappa shape index (κ1) is 13.4. The minimum atomic E-state index is 0.0626. The number of rotatable bonds is 6. The van der Waals surface area contributed by atoms with Crippen molar-refractivity contribution < 1.29 is 0 Å². The third kappa shape index (κ3) is 3.72. The van der Waals surface area contributed by atoms with Gasteiger partial charge in [-0.15, -0.1) is 0 Å². The van der Waals surface area contributed by atoms with Gasteiger partial charge in [0.05, 0.1) is 6.04 Å². The van der Waals surface area contributed by atoms with Crippen LogP contribution in [-0.4, -0.2) is 21.5 Å². The molecule has 0 saturated heterocycles. The van der Waals surface area contributed by atoms with Crippen molar-refractivity contribution in [2.45, 2.75) is 25.8 Å².